The molecule has 1 aliphatic heterocycles. The fraction of sp³-hybridized carbons (Fsp3) is 0.909. The number of hydrogen-bond donors (Lipinski definition) is 0. The molecule has 0 saturated carbocycles. The minimum Gasteiger partial charge on any atom is -0.340 e. The van der Waals surface area contributed by atoms with Crippen LogP contribution in [0.5, 0.6) is 0 Å². The average Bonchev–Trinajstić information content (AvgIpc) is 2.29. The number of hydrogen-bond acceptors (Lipinski definition) is 1. The van der Waals surface area contributed by atoms with Crippen LogP contribution < -0.4 is 0 Å². The SMILES string of the molecule is CC(C)C[C@H]1CC(=O)N(C(C)C)C1. The molecule has 1 rings (SSSR count). The van der Waals surface area contributed by atoms with Crippen LogP contribution in [0.1, 0.15) is 40.5 Å². The Morgan fingerprint density at radius 2 is 2.00 bits per heavy atom. The minimum absolute atomic E-state index is 0.348. The highest BCUT2D eigenvalue weighted by molar-refractivity contribution is 5.78. The average molecular weight is 183 g/mol. The number of nitrogens with zero attached hydrogens (tertiary/aromatic N) is 1. The number of carbonyl (C=O) groups is 1. The standard InChI is InChI=1S/C11H21NO/c1-8(2)5-10-6-11(13)12(7-10)9(3)4/h8-10H,5-7H2,1-4H3/t10-/m0/s1. The number of likely N-dealkylation sites (tertiary alicyclic amines) is 1. The zero-order valence-corrected chi connectivity index (χ0v) is 9.21. The van der Waals surface area contributed by atoms with Crippen molar-refractivity contribution in [2.45, 2.75) is 46.6 Å². The van der Waals surface area contributed by atoms with Gasteiger partial charge in [-0.25, -0.2) is 0 Å². The van der Waals surface area contributed by atoms with Crippen molar-refractivity contribution in [1.29, 1.82) is 0 Å². The maximum atomic E-state index is 11.5. The van der Waals surface area contributed by atoms with Crippen LogP contribution in [-0.4, -0.2) is 23.4 Å². The second-order valence-electron chi connectivity index (χ2n) is 4.84. The van der Waals surface area contributed by atoms with Gasteiger partial charge < -0.3 is 4.90 Å². The molecule has 0 unspecified atom stereocenters. The topological polar surface area (TPSA) is 20.3 Å². The molecule has 13 heavy (non-hydrogen) atoms. The van der Waals surface area contributed by atoms with Gasteiger partial charge in [-0.1, -0.05) is 13.8 Å². The van der Waals surface area contributed by atoms with Crippen molar-refractivity contribution in [3.63, 3.8) is 0 Å². The summed E-state index contributed by atoms with van der Waals surface area (Å²) >= 11 is 0. The predicted octanol–water partition coefficient (Wildman–Crippen LogP) is 2.29. The molecule has 0 spiro atoms. The quantitative estimate of drug-likeness (QED) is 0.657. The zero-order valence-electron chi connectivity index (χ0n) is 9.21. The van der Waals surface area contributed by atoms with E-state index in [0.29, 0.717) is 23.8 Å². The van der Waals surface area contributed by atoms with Crippen molar-refractivity contribution in [3.8, 4) is 0 Å². The first kappa shape index (κ1) is 10.6. The van der Waals surface area contributed by atoms with E-state index >= 15 is 0 Å². The fourth-order valence-corrected chi connectivity index (χ4v) is 2.13. The van der Waals surface area contributed by atoms with Gasteiger partial charge in [0.15, 0.2) is 0 Å². The van der Waals surface area contributed by atoms with Crippen LogP contribution in [0.15, 0.2) is 0 Å². The summed E-state index contributed by atoms with van der Waals surface area (Å²) in [5, 5.41) is 0. The zero-order chi connectivity index (χ0) is 10.0. The van der Waals surface area contributed by atoms with Crippen molar-refractivity contribution in [3.05, 3.63) is 0 Å². The lowest BCUT2D eigenvalue weighted by molar-refractivity contribution is -0.129. The predicted molar refractivity (Wildman–Crippen MR) is 54.4 cm³/mol. The summed E-state index contributed by atoms with van der Waals surface area (Å²) in [6.45, 7) is 9.62. The smallest absolute Gasteiger partial charge is 0.223 e. The van der Waals surface area contributed by atoms with Crippen molar-refractivity contribution in [2.75, 3.05) is 6.54 Å². The van der Waals surface area contributed by atoms with Crippen LogP contribution in [-0.2, 0) is 4.79 Å². The van der Waals surface area contributed by atoms with E-state index in [2.05, 4.69) is 27.7 Å². The number of amides is 1. The van der Waals surface area contributed by atoms with Crippen LogP contribution >= 0.6 is 0 Å². The van der Waals surface area contributed by atoms with Crippen LogP contribution in [0.4, 0.5) is 0 Å². The summed E-state index contributed by atoms with van der Waals surface area (Å²) in [5.74, 6) is 1.67. The molecule has 0 radical (unpaired) electrons. The number of carbonyl (C=O) groups excluding carboxylic acids is 1. The van der Waals surface area contributed by atoms with Crippen molar-refractivity contribution in [1.82, 2.24) is 4.90 Å². The van der Waals surface area contributed by atoms with E-state index in [-0.39, 0.29) is 0 Å². The summed E-state index contributed by atoms with van der Waals surface area (Å²) < 4.78 is 0. The third-order valence-corrected chi connectivity index (χ3v) is 2.67. The molecule has 2 heteroatoms. The van der Waals surface area contributed by atoms with Crippen LogP contribution in [0.2, 0.25) is 0 Å². The van der Waals surface area contributed by atoms with Crippen LogP contribution in [0, 0.1) is 11.8 Å². The first-order valence-corrected chi connectivity index (χ1v) is 5.30. The Hall–Kier alpha value is -0.530. The van der Waals surface area contributed by atoms with E-state index in [1.807, 2.05) is 4.90 Å². The Bertz CT molecular complexity index is 187. The summed E-state index contributed by atoms with van der Waals surface area (Å²) in [6.07, 6.45) is 1.96. The molecule has 0 aromatic rings. The summed E-state index contributed by atoms with van der Waals surface area (Å²) in [4.78, 5) is 13.5. The van der Waals surface area contributed by atoms with Gasteiger partial charge in [0, 0.05) is 19.0 Å². The molecule has 0 aliphatic carbocycles. The van der Waals surface area contributed by atoms with Gasteiger partial charge in [-0.05, 0) is 32.1 Å². The van der Waals surface area contributed by atoms with Gasteiger partial charge >= 0.3 is 0 Å². The summed E-state index contributed by atoms with van der Waals surface area (Å²) in [6, 6.07) is 0.379. The highest BCUT2D eigenvalue weighted by Gasteiger charge is 2.30. The minimum atomic E-state index is 0.348. The van der Waals surface area contributed by atoms with Gasteiger partial charge in [0.05, 0.1) is 0 Å². The molecule has 1 amide bonds. The second kappa shape index (κ2) is 4.12. The maximum absolute atomic E-state index is 11.5. The van der Waals surface area contributed by atoms with E-state index in [1.165, 1.54) is 6.42 Å². The van der Waals surface area contributed by atoms with E-state index in [9.17, 15) is 4.79 Å². The lowest BCUT2D eigenvalue weighted by Gasteiger charge is -2.21. The molecule has 1 heterocycles. The highest BCUT2D eigenvalue weighted by Crippen LogP contribution is 2.25. The van der Waals surface area contributed by atoms with Gasteiger partial charge in [0.2, 0.25) is 5.91 Å². The molecule has 0 N–H and O–H groups in total. The second-order valence-corrected chi connectivity index (χ2v) is 4.84. The fourth-order valence-electron chi connectivity index (χ4n) is 2.13. The first-order valence-electron chi connectivity index (χ1n) is 5.30. The van der Waals surface area contributed by atoms with Crippen LogP contribution in [0.3, 0.4) is 0 Å². The van der Waals surface area contributed by atoms with Gasteiger partial charge in [-0.3, -0.25) is 4.79 Å². The van der Waals surface area contributed by atoms with Gasteiger partial charge in [0.1, 0.15) is 0 Å². The van der Waals surface area contributed by atoms with E-state index < -0.39 is 0 Å². The Balaban J connectivity index is 2.45. The molecule has 1 saturated heterocycles. The third-order valence-electron chi connectivity index (χ3n) is 2.67. The third kappa shape index (κ3) is 2.71. The Morgan fingerprint density at radius 1 is 1.38 bits per heavy atom. The van der Waals surface area contributed by atoms with Crippen molar-refractivity contribution in [2.24, 2.45) is 11.8 Å². The Kier molecular flexibility index (Phi) is 3.34. The van der Waals surface area contributed by atoms with E-state index in [4.69, 9.17) is 0 Å². The Labute approximate surface area is 81.3 Å². The van der Waals surface area contributed by atoms with Crippen molar-refractivity contribution >= 4 is 5.91 Å². The maximum Gasteiger partial charge on any atom is 0.223 e. The lowest BCUT2D eigenvalue weighted by atomic mass is 9.96. The van der Waals surface area contributed by atoms with Crippen LogP contribution in [0.25, 0.3) is 0 Å². The summed E-state index contributed by atoms with van der Waals surface area (Å²) in [7, 11) is 0. The molecular formula is C11H21NO. The normalized spacial score (nSPS) is 23.7. The molecule has 1 aliphatic rings. The van der Waals surface area contributed by atoms with Gasteiger partial charge in [-0.15, -0.1) is 0 Å². The summed E-state index contributed by atoms with van der Waals surface area (Å²) in [5.41, 5.74) is 0. The van der Waals surface area contributed by atoms with E-state index in [1.54, 1.807) is 0 Å². The molecule has 1 fully saturated rings. The molecular weight excluding hydrogens is 162 g/mol. The molecule has 1 atom stereocenters. The highest BCUT2D eigenvalue weighted by atomic mass is 16.2. The van der Waals surface area contributed by atoms with Gasteiger partial charge in [0.25, 0.3) is 0 Å². The molecule has 0 aromatic heterocycles. The van der Waals surface area contributed by atoms with Crippen molar-refractivity contribution < 1.29 is 4.79 Å². The Morgan fingerprint density at radius 3 is 2.38 bits per heavy atom. The lowest BCUT2D eigenvalue weighted by Crippen LogP contribution is -2.32. The molecule has 0 bridgehead atoms. The van der Waals surface area contributed by atoms with Gasteiger partial charge in [-0.2, -0.15) is 0 Å². The molecule has 0 aromatic carbocycles. The monoisotopic (exact) mass is 183 g/mol. The number of rotatable bonds is 3. The molecule has 2 nitrogen and oxygen atoms in total. The first-order chi connectivity index (χ1) is 6.00. The van der Waals surface area contributed by atoms with E-state index in [0.717, 1.165) is 13.0 Å². The molecule has 76 valence electrons. The largest absolute Gasteiger partial charge is 0.340 e.